The zero-order valence-electron chi connectivity index (χ0n) is 20.1. The molecule has 0 spiro atoms. The van der Waals surface area contributed by atoms with Gasteiger partial charge in [0.15, 0.2) is 6.10 Å². The molecule has 0 aliphatic carbocycles. The van der Waals surface area contributed by atoms with Gasteiger partial charge in [-0.1, -0.05) is 47.1 Å². The van der Waals surface area contributed by atoms with Gasteiger partial charge in [-0.15, -0.1) is 0 Å². The number of carboxylic acids is 2. The third-order valence-electron chi connectivity index (χ3n) is 6.34. The van der Waals surface area contributed by atoms with Crippen molar-refractivity contribution in [3.05, 3.63) is 65.5 Å². The molecule has 3 aliphatic rings. The van der Waals surface area contributed by atoms with E-state index in [9.17, 15) is 0 Å². The summed E-state index contributed by atoms with van der Waals surface area (Å²) in [4.78, 5) is 33.2. The molecule has 36 heavy (non-hydrogen) atoms. The monoisotopic (exact) mass is 494 g/mol. The quantitative estimate of drug-likeness (QED) is 0.601. The second-order valence-corrected chi connectivity index (χ2v) is 9.00. The normalized spacial score (nSPS) is 21.6. The van der Waals surface area contributed by atoms with E-state index in [0.717, 1.165) is 56.3 Å². The van der Waals surface area contributed by atoms with E-state index in [2.05, 4.69) is 63.3 Å². The summed E-state index contributed by atoms with van der Waals surface area (Å²) in [6, 6.07) is 12.5. The van der Waals surface area contributed by atoms with Crippen molar-refractivity contribution in [3.8, 4) is 5.75 Å². The number of aliphatic carboxylic acids is 2. The number of rotatable bonds is 5. The molecule has 0 bridgehead atoms. The van der Waals surface area contributed by atoms with Crippen molar-refractivity contribution < 1.29 is 29.4 Å². The number of benzene rings is 1. The van der Waals surface area contributed by atoms with Crippen molar-refractivity contribution in [1.29, 1.82) is 0 Å². The topological polar surface area (TPSA) is 125 Å². The molecule has 2 N–H and O–H groups in total. The van der Waals surface area contributed by atoms with Crippen molar-refractivity contribution >= 4 is 23.7 Å². The minimum atomic E-state index is -1.82. The van der Waals surface area contributed by atoms with E-state index in [1.807, 2.05) is 6.07 Å². The van der Waals surface area contributed by atoms with E-state index in [1.54, 1.807) is 12.4 Å². The molecular formula is C26H30N4O6. The van der Waals surface area contributed by atoms with Crippen LogP contribution in [-0.4, -0.2) is 94.6 Å². The van der Waals surface area contributed by atoms with Crippen LogP contribution in [0.1, 0.15) is 18.1 Å². The number of nitrogens with zero attached hydrogens (tertiary/aromatic N) is 4. The van der Waals surface area contributed by atoms with Gasteiger partial charge in [-0.2, -0.15) is 0 Å². The first-order chi connectivity index (χ1) is 17.4. The fourth-order valence-corrected chi connectivity index (χ4v) is 4.54. The summed E-state index contributed by atoms with van der Waals surface area (Å²) in [7, 11) is 0. The van der Waals surface area contributed by atoms with Crippen LogP contribution in [-0.2, 0) is 14.4 Å². The van der Waals surface area contributed by atoms with Gasteiger partial charge < -0.3 is 19.8 Å². The Balaban J connectivity index is 0.000000455. The van der Waals surface area contributed by atoms with Crippen LogP contribution in [0.25, 0.3) is 6.08 Å². The molecule has 2 atom stereocenters. The predicted molar refractivity (Wildman–Crippen MR) is 133 cm³/mol. The number of hydrogen-bond acceptors (Lipinski definition) is 8. The summed E-state index contributed by atoms with van der Waals surface area (Å²) < 4.78 is 5.91. The Morgan fingerprint density at radius 2 is 1.75 bits per heavy atom. The number of pyridine rings is 1. The lowest BCUT2D eigenvalue weighted by atomic mass is 9.91. The Bertz CT molecular complexity index is 1120. The first-order valence-electron chi connectivity index (χ1n) is 11.8. The fourth-order valence-electron chi connectivity index (χ4n) is 4.54. The van der Waals surface area contributed by atoms with E-state index in [4.69, 9.17) is 29.4 Å². The van der Waals surface area contributed by atoms with Crippen LogP contribution in [0.15, 0.2) is 59.5 Å². The molecule has 2 unspecified atom stereocenters. The molecule has 0 amide bonds. The lowest BCUT2D eigenvalue weighted by Gasteiger charge is -2.36. The number of oxime groups is 1. The molecule has 0 radical (unpaired) electrons. The van der Waals surface area contributed by atoms with Gasteiger partial charge in [0.2, 0.25) is 0 Å². The van der Waals surface area contributed by atoms with Crippen LogP contribution >= 0.6 is 0 Å². The van der Waals surface area contributed by atoms with Crippen LogP contribution in [0.2, 0.25) is 0 Å². The number of hydrogen-bond donors (Lipinski definition) is 2. The summed E-state index contributed by atoms with van der Waals surface area (Å²) in [6.07, 6.45) is 5.89. The summed E-state index contributed by atoms with van der Waals surface area (Å²) in [5.41, 5.74) is 4.72. The maximum atomic E-state index is 9.10. The van der Waals surface area contributed by atoms with Gasteiger partial charge in [-0.3, -0.25) is 14.8 Å². The highest BCUT2D eigenvalue weighted by molar-refractivity contribution is 6.27. The smallest absolute Gasteiger partial charge is 0.414 e. The van der Waals surface area contributed by atoms with E-state index >= 15 is 0 Å². The highest BCUT2D eigenvalue weighted by Gasteiger charge is 2.40. The molecule has 1 aromatic carbocycles. The molecule has 4 heterocycles. The Morgan fingerprint density at radius 3 is 2.44 bits per heavy atom. The van der Waals surface area contributed by atoms with Crippen LogP contribution in [0.3, 0.4) is 0 Å². The molecular weight excluding hydrogens is 464 g/mol. The number of carboxylic acid groups (broad SMARTS) is 2. The number of carbonyl (C=O) groups is 2. The lowest BCUT2D eigenvalue weighted by molar-refractivity contribution is -0.159. The standard InChI is InChI=1S/C24H28N4O2.C2H2O4/c1-18(13-19-5-3-2-4-6-19)15-27-9-11-28(12-10-27)16-23-21-17-29-22-14-25-8-7-20(22)24(21)26-30-23;3-1(4)2(5)6/h2-8,13-14,21,23H,9-12,15-17H2,1H3;(H,3,4)(H,5,6). The first-order valence-corrected chi connectivity index (χ1v) is 11.8. The van der Waals surface area contributed by atoms with Crippen LogP contribution in [0, 0.1) is 5.92 Å². The Kier molecular flexibility index (Phi) is 8.29. The molecule has 1 saturated heterocycles. The molecule has 2 aromatic rings. The Hall–Kier alpha value is -3.76. The number of fused-ring (bicyclic) bond motifs is 3. The van der Waals surface area contributed by atoms with Crippen molar-refractivity contribution in [1.82, 2.24) is 14.8 Å². The van der Waals surface area contributed by atoms with Gasteiger partial charge in [0.05, 0.1) is 12.1 Å². The summed E-state index contributed by atoms with van der Waals surface area (Å²) >= 11 is 0. The average molecular weight is 495 g/mol. The van der Waals surface area contributed by atoms with Gasteiger partial charge in [0.25, 0.3) is 0 Å². The number of aromatic nitrogens is 1. The molecule has 190 valence electrons. The summed E-state index contributed by atoms with van der Waals surface area (Å²) in [5, 5.41) is 19.2. The van der Waals surface area contributed by atoms with Gasteiger partial charge >= 0.3 is 11.9 Å². The largest absolute Gasteiger partial charge is 0.490 e. The van der Waals surface area contributed by atoms with E-state index in [-0.39, 0.29) is 12.0 Å². The first kappa shape index (κ1) is 25.3. The maximum absolute atomic E-state index is 9.10. The fraction of sp³-hybridized carbons (Fsp3) is 0.385. The van der Waals surface area contributed by atoms with E-state index in [1.165, 1.54) is 11.1 Å². The van der Waals surface area contributed by atoms with Crippen LogP contribution in [0.5, 0.6) is 5.75 Å². The maximum Gasteiger partial charge on any atom is 0.414 e. The molecule has 1 fully saturated rings. The Labute approximate surface area is 209 Å². The van der Waals surface area contributed by atoms with E-state index in [0.29, 0.717) is 6.61 Å². The number of piperazine rings is 1. The minimum Gasteiger partial charge on any atom is -0.490 e. The van der Waals surface area contributed by atoms with Gasteiger partial charge in [-0.05, 0) is 18.6 Å². The minimum absolute atomic E-state index is 0.0626. The highest BCUT2D eigenvalue weighted by atomic mass is 16.6. The molecule has 5 rings (SSSR count). The highest BCUT2D eigenvalue weighted by Crippen LogP contribution is 2.33. The van der Waals surface area contributed by atoms with Crippen molar-refractivity contribution in [2.24, 2.45) is 11.1 Å². The van der Waals surface area contributed by atoms with Crippen LogP contribution in [0.4, 0.5) is 0 Å². The second kappa shape index (κ2) is 11.8. The van der Waals surface area contributed by atoms with Crippen molar-refractivity contribution in [2.45, 2.75) is 13.0 Å². The van der Waals surface area contributed by atoms with E-state index < -0.39 is 11.9 Å². The third-order valence-corrected chi connectivity index (χ3v) is 6.34. The SMILES string of the molecule is CC(=Cc1ccccc1)CN1CCN(CC2ON=C3c4ccncc4OCC32)CC1.O=C(O)C(=O)O. The molecule has 0 saturated carbocycles. The van der Waals surface area contributed by atoms with Crippen molar-refractivity contribution in [3.63, 3.8) is 0 Å². The average Bonchev–Trinajstić information content (AvgIpc) is 3.29. The second-order valence-electron chi connectivity index (χ2n) is 9.00. The van der Waals surface area contributed by atoms with Gasteiger partial charge in [-0.25, -0.2) is 9.59 Å². The summed E-state index contributed by atoms with van der Waals surface area (Å²) in [5.74, 6) is -2.64. The molecule has 1 aromatic heterocycles. The Morgan fingerprint density at radius 1 is 1.06 bits per heavy atom. The lowest BCUT2D eigenvalue weighted by Crippen LogP contribution is -2.50. The number of ether oxygens (including phenoxy) is 1. The molecule has 3 aliphatic heterocycles. The molecule has 10 nitrogen and oxygen atoms in total. The third kappa shape index (κ3) is 6.46. The summed E-state index contributed by atoms with van der Waals surface area (Å²) in [6.45, 7) is 9.04. The zero-order chi connectivity index (χ0) is 25.5. The van der Waals surface area contributed by atoms with Gasteiger partial charge in [0, 0.05) is 51.0 Å². The zero-order valence-corrected chi connectivity index (χ0v) is 20.1. The predicted octanol–water partition coefficient (Wildman–Crippen LogP) is 2.07. The van der Waals surface area contributed by atoms with Crippen LogP contribution < -0.4 is 4.74 Å². The van der Waals surface area contributed by atoms with Crippen molar-refractivity contribution in [2.75, 3.05) is 45.9 Å². The molecule has 10 heteroatoms. The van der Waals surface area contributed by atoms with Gasteiger partial charge in [0.1, 0.15) is 18.1 Å².